The van der Waals surface area contributed by atoms with Gasteiger partial charge in [-0.3, -0.25) is 4.98 Å². The average molecular weight is 438 g/mol. The second kappa shape index (κ2) is 9.72. The molecule has 0 spiro atoms. The molecule has 1 fully saturated rings. The molecular weight excluding hydrogens is 414 g/mol. The van der Waals surface area contributed by atoms with Gasteiger partial charge >= 0.3 is 0 Å². The highest BCUT2D eigenvalue weighted by Gasteiger charge is 2.15. The van der Waals surface area contributed by atoms with Crippen LogP contribution >= 0.6 is 11.6 Å². The van der Waals surface area contributed by atoms with Crippen molar-refractivity contribution in [2.45, 2.75) is 13.8 Å². The fraction of sp³-hybridized carbons (Fsp3) is 0.273. The molecule has 0 saturated carbocycles. The second-order valence-electron chi connectivity index (χ2n) is 7.20. The zero-order valence-corrected chi connectivity index (χ0v) is 18.2. The van der Waals surface area contributed by atoms with Crippen LogP contribution < -0.4 is 15.6 Å². The Morgan fingerprint density at radius 2 is 1.97 bits per heavy atom. The van der Waals surface area contributed by atoms with Crippen LogP contribution in [0.2, 0.25) is 5.02 Å². The van der Waals surface area contributed by atoms with Crippen LogP contribution in [0, 0.1) is 13.8 Å². The lowest BCUT2D eigenvalue weighted by Gasteiger charge is -2.28. The maximum atomic E-state index is 6.31. The summed E-state index contributed by atoms with van der Waals surface area (Å²) in [7, 11) is 0. The molecule has 0 atom stereocenters. The molecule has 0 radical (unpaired) electrons. The molecule has 9 heteroatoms. The van der Waals surface area contributed by atoms with Gasteiger partial charge in [-0.05, 0) is 37.6 Å². The van der Waals surface area contributed by atoms with Gasteiger partial charge < -0.3 is 15.0 Å². The number of rotatable bonds is 6. The molecule has 1 aromatic carbocycles. The Balaban J connectivity index is 1.44. The molecule has 31 heavy (non-hydrogen) atoms. The number of hydrogen-bond donors (Lipinski definition) is 2. The molecular formula is C22H24ClN7O. The van der Waals surface area contributed by atoms with Gasteiger partial charge in [0.1, 0.15) is 5.82 Å². The Kier molecular flexibility index (Phi) is 6.59. The van der Waals surface area contributed by atoms with Gasteiger partial charge in [0.2, 0.25) is 5.95 Å². The number of hydrazone groups is 1. The van der Waals surface area contributed by atoms with Gasteiger partial charge in [0.25, 0.3) is 0 Å². The molecule has 0 unspecified atom stereocenters. The first-order valence-corrected chi connectivity index (χ1v) is 10.4. The number of nitrogens with zero attached hydrogens (tertiary/aromatic N) is 5. The second-order valence-corrected chi connectivity index (χ2v) is 7.60. The van der Waals surface area contributed by atoms with E-state index in [9.17, 15) is 0 Å². The van der Waals surface area contributed by atoms with Gasteiger partial charge in [0, 0.05) is 36.7 Å². The van der Waals surface area contributed by atoms with Crippen LogP contribution in [0.25, 0.3) is 0 Å². The monoisotopic (exact) mass is 437 g/mol. The third kappa shape index (κ3) is 5.28. The first kappa shape index (κ1) is 21.0. The topological polar surface area (TPSA) is 87.6 Å². The highest BCUT2D eigenvalue weighted by molar-refractivity contribution is 6.33. The van der Waals surface area contributed by atoms with Crippen LogP contribution in [0.3, 0.4) is 0 Å². The molecule has 0 bridgehead atoms. The number of nitrogens with one attached hydrogen (secondary N) is 2. The number of ether oxygens (including phenoxy) is 1. The minimum atomic E-state index is 0.435. The van der Waals surface area contributed by atoms with Crippen molar-refractivity contribution in [2.75, 3.05) is 41.9 Å². The molecule has 1 aliphatic rings. The van der Waals surface area contributed by atoms with E-state index in [0.29, 0.717) is 29.9 Å². The number of pyridine rings is 1. The van der Waals surface area contributed by atoms with Crippen LogP contribution in [0.5, 0.6) is 0 Å². The summed E-state index contributed by atoms with van der Waals surface area (Å²) in [6, 6.07) is 9.57. The smallest absolute Gasteiger partial charge is 0.245 e. The minimum absolute atomic E-state index is 0.435. The lowest BCUT2D eigenvalue weighted by atomic mass is 10.2. The summed E-state index contributed by atoms with van der Waals surface area (Å²) in [6.07, 6.45) is 5.14. The van der Waals surface area contributed by atoms with E-state index in [1.165, 1.54) is 0 Å². The third-order valence-corrected chi connectivity index (χ3v) is 5.20. The summed E-state index contributed by atoms with van der Waals surface area (Å²) < 4.78 is 5.42. The van der Waals surface area contributed by atoms with Crippen molar-refractivity contribution in [1.29, 1.82) is 0 Å². The molecule has 3 heterocycles. The number of hydrogen-bond acceptors (Lipinski definition) is 8. The van der Waals surface area contributed by atoms with Crippen molar-refractivity contribution in [1.82, 2.24) is 15.0 Å². The quantitative estimate of drug-likeness (QED) is 0.442. The van der Waals surface area contributed by atoms with E-state index < -0.39 is 0 Å². The van der Waals surface area contributed by atoms with Crippen molar-refractivity contribution >= 4 is 41.0 Å². The van der Waals surface area contributed by atoms with Gasteiger partial charge in [-0.15, -0.1) is 0 Å². The summed E-state index contributed by atoms with van der Waals surface area (Å²) in [5, 5.41) is 8.26. The normalized spacial score (nSPS) is 14.1. The van der Waals surface area contributed by atoms with E-state index in [1.54, 1.807) is 18.6 Å². The van der Waals surface area contributed by atoms with Gasteiger partial charge in [-0.25, -0.2) is 10.4 Å². The first-order valence-electron chi connectivity index (χ1n) is 10.0. The summed E-state index contributed by atoms with van der Waals surface area (Å²) in [5.41, 5.74) is 7.41. The maximum absolute atomic E-state index is 6.31. The van der Waals surface area contributed by atoms with Crippen LogP contribution in [0.1, 0.15) is 16.8 Å². The van der Waals surface area contributed by atoms with Crippen molar-refractivity contribution in [3.05, 3.63) is 64.6 Å². The molecule has 1 aliphatic heterocycles. The van der Waals surface area contributed by atoms with E-state index in [0.717, 1.165) is 41.4 Å². The van der Waals surface area contributed by atoms with E-state index in [2.05, 4.69) is 35.7 Å². The Hall–Kier alpha value is -3.23. The van der Waals surface area contributed by atoms with Gasteiger partial charge in [-0.2, -0.15) is 10.1 Å². The first-order chi connectivity index (χ1) is 15.1. The largest absolute Gasteiger partial charge is 0.378 e. The number of para-hydroxylation sites is 1. The third-order valence-electron chi connectivity index (χ3n) is 4.89. The van der Waals surface area contributed by atoms with Crippen molar-refractivity contribution in [2.24, 2.45) is 5.10 Å². The van der Waals surface area contributed by atoms with Crippen molar-refractivity contribution in [3.8, 4) is 0 Å². The summed E-state index contributed by atoms with van der Waals surface area (Å²) in [4.78, 5) is 15.5. The lowest BCUT2D eigenvalue weighted by Crippen LogP contribution is -2.37. The molecule has 0 amide bonds. The number of aromatic nitrogens is 3. The van der Waals surface area contributed by atoms with Crippen LogP contribution in [0.15, 0.2) is 47.8 Å². The molecule has 2 N–H and O–H groups in total. The number of benzene rings is 1. The summed E-state index contributed by atoms with van der Waals surface area (Å²) in [6.45, 7) is 7.04. The number of anilines is 4. The minimum Gasteiger partial charge on any atom is -0.378 e. The number of morpholine rings is 1. The van der Waals surface area contributed by atoms with Crippen LogP contribution in [-0.2, 0) is 4.74 Å². The highest BCUT2D eigenvalue weighted by atomic mass is 35.5. The number of halogens is 1. The van der Waals surface area contributed by atoms with Gasteiger partial charge in [0.05, 0.1) is 35.8 Å². The Labute approximate surface area is 186 Å². The van der Waals surface area contributed by atoms with E-state index in [1.807, 2.05) is 44.2 Å². The highest BCUT2D eigenvalue weighted by Crippen LogP contribution is 2.28. The van der Waals surface area contributed by atoms with E-state index in [-0.39, 0.29) is 0 Å². The fourth-order valence-corrected chi connectivity index (χ4v) is 3.54. The predicted molar refractivity (Wildman–Crippen MR) is 125 cm³/mol. The van der Waals surface area contributed by atoms with E-state index in [4.69, 9.17) is 16.3 Å². The van der Waals surface area contributed by atoms with Crippen molar-refractivity contribution in [3.63, 3.8) is 0 Å². The maximum Gasteiger partial charge on any atom is 0.245 e. The van der Waals surface area contributed by atoms with Crippen LogP contribution in [0.4, 0.5) is 23.1 Å². The molecule has 1 saturated heterocycles. The molecule has 4 rings (SSSR count). The van der Waals surface area contributed by atoms with E-state index >= 15 is 0 Å². The Morgan fingerprint density at radius 1 is 1.13 bits per heavy atom. The standard InChI is InChI=1S/C22H24ClN7O/c1-15-4-3-5-19(23)20(15)27-17-6-7-24-18(12-17)14-26-29-22-25-13-16(2)21(28-22)30-8-10-31-11-9-30/h3-7,12-14H,8-11H2,1-2H3,(H,24,27)(H,25,28,29)/b26-14-. The summed E-state index contributed by atoms with van der Waals surface area (Å²) >= 11 is 6.31. The molecule has 2 aromatic heterocycles. The molecule has 0 aliphatic carbocycles. The van der Waals surface area contributed by atoms with Gasteiger partial charge in [0.15, 0.2) is 0 Å². The average Bonchev–Trinajstić information content (AvgIpc) is 2.78. The van der Waals surface area contributed by atoms with Crippen LogP contribution in [-0.4, -0.2) is 47.5 Å². The summed E-state index contributed by atoms with van der Waals surface area (Å²) in [5.74, 6) is 1.33. The van der Waals surface area contributed by atoms with Gasteiger partial charge in [-0.1, -0.05) is 23.7 Å². The molecule has 160 valence electrons. The predicted octanol–water partition coefficient (Wildman–Crippen LogP) is 4.17. The zero-order valence-electron chi connectivity index (χ0n) is 17.5. The fourth-order valence-electron chi connectivity index (χ4n) is 3.27. The lowest BCUT2D eigenvalue weighted by molar-refractivity contribution is 0.122. The Bertz CT molecular complexity index is 1060. The van der Waals surface area contributed by atoms with Crippen molar-refractivity contribution < 1.29 is 4.74 Å². The molecule has 8 nitrogen and oxygen atoms in total. The SMILES string of the molecule is Cc1cnc(N/N=C\c2cc(Nc3c(C)cccc3Cl)ccn2)nc1N1CCOCC1. The Morgan fingerprint density at radius 3 is 2.77 bits per heavy atom. The number of aryl methyl sites for hydroxylation is 2. The zero-order chi connectivity index (χ0) is 21.6. The molecule has 3 aromatic rings.